The van der Waals surface area contributed by atoms with E-state index in [1.807, 2.05) is 48.5 Å². The number of ether oxygens (including phenoxy) is 1. The number of nitrogens with one attached hydrogen (secondary N) is 1. The molecule has 1 aliphatic rings. The predicted molar refractivity (Wildman–Crippen MR) is 104 cm³/mol. The lowest BCUT2D eigenvalue weighted by molar-refractivity contribution is -0.122. The van der Waals surface area contributed by atoms with Crippen molar-refractivity contribution in [1.29, 1.82) is 0 Å². The van der Waals surface area contributed by atoms with Crippen molar-refractivity contribution in [3.05, 3.63) is 70.7 Å². The predicted octanol–water partition coefficient (Wildman–Crippen LogP) is 3.07. The molecule has 1 atom stereocenters. The van der Waals surface area contributed by atoms with Crippen LogP contribution in [0.5, 0.6) is 0 Å². The minimum atomic E-state index is -0.561. The molecule has 0 unspecified atom stereocenters. The Labute approximate surface area is 159 Å². The van der Waals surface area contributed by atoms with Crippen LogP contribution in [0.1, 0.15) is 24.0 Å². The van der Waals surface area contributed by atoms with Crippen LogP contribution in [-0.4, -0.2) is 31.7 Å². The van der Waals surface area contributed by atoms with Crippen LogP contribution in [-0.2, 0) is 21.4 Å². The van der Waals surface area contributed by atoms with Crippen LogP contribution in [0, 0.1) is 0 Å². The number of halogens is 1. The van der Waals surface area contributed by atoms with E-state index in [-0.39, 0.29) is 11.3 Å². The van der Waals surface area contributed by atoms with Crippen LogP contribution in [0.3, 0.4) is 0 Å². The lowest BCUT2D eigenvalue weighted by Crippen LogP contribution is -2.49. The second-order valence-electron chi connectivity index (χ2n) is 6.92. The number of carbonyl (C=O) groups excluding carboxylic acids is 1. The largest absolute Gasteiger partial charge is 0.381 e. The number of carbonyl (C=O) groups is 1. The molecule has 1 heterocycles. The summed E-state index contributed by atoms with van der Waals surface area (Å²) in [4.78, 5) is 12.5. The van der Waals surface area contributed by atoms with E-state index in [2.05, 4.69) is 11.4 Å². The van der Waals surface area contributed by atoms with Gasteiger partial charge in [0.25, 0.3) is 0 Å². The van der Waals surface area contributed by atoms with Crippen molar-refractivity contribution >= 4 is 17.5 Å². The van der Waals surface area contributed by atoms with Gasteiger partial charge >= 0.3 is 0 Å². The molecule has 0 aliphatic carbocycles. The van der Waals surface area contributed by atoms with Gasteiger partial charge in [-0.25, -0.2) is 0 Å². The Hall–Kier alpha value is -1.88. The molecule has 2 aromatic rings. The van der Waals surface area contributed by atoms with Gasteiger partial charge in [0, 0.05) is 30.2 Å². The van der Waals surface area contributed by atoms with E-state index in [1.54, 1.807) is 0 Å². The van der Waals surface area contributed by atoms with Gasteiger partial charge in [0.15, 0.2) is 0 Å². The highest BCUT2D eigenvalue weighted by Crippen LogP contribution is 2.35. The molecular weight excluding hydrogens is 348 g/mol. The lowest BCUT2D eigenvalue weighted by atomic mass is 9.74. The Morgan fingerprint density at radius 1 is 1.15 bits per heavy atom. The fourth-order valence-corrected chi connectivity index (χ4v) is 3.69. The summed E-state index contributed by atoms with van der Waals surface area (Å²) in [6, 6.07) is 17.2. The molecule has 1 amide bonds. The zero-order valence-electron chi connectivity index (χ0n) is 14.8. The molecule has 0 aromatic heterocycles. The van der Waals surface area contributed by atoms with Gasteiger partial charge in [-0.05, 0) is 42.5 Å². The van der Waals surface area contributed by atoms with Gasteiger partial charge in [-0.2, -0.15) is 0 Å². The van der Waals surface area contributed by atoms with E-state index in [4.69, 9.17) is 22.1 Å². The summed E-state index contributed by atoms with van der Waals surface area (Å²) >= 11 is 6.19. The third-order valence-corrected chi connectivity index (χ3v) is 5.36. The number of hydrogen-bond acceptors (Lipinski definition) is 3. The van der Waals surface area contributed by atoms with Crippen molar-refractivity contribution in [2.75, 3.05) is 19.8 Å². The topological polar surface area (TPSA) is 64.4 Å². The first-order valence-corrected chi connectivity index (χ1v) is 9.38. The number of benzene rings is 2. The molecule has 0 bridgehead atoms. The summed E-state index contributed by atoms with van der Waals surface area (Å²) in [5, 5.41) is 3.78. The Morgan fingerprint density at radius 2 is 1.88 bits per heavy atom. The zero-order valence-corrected chi connectivity index (χ0v) is 15.5. The molecular formula is C21H25ClN2O2. The second-order valence-corrected chi connectivity index (χ2v) is 7.35. The minimum Gasteiger partial charge on any atom is -0.381 e. The number of rotatable bonds is 6. The molecule has 0 saturated carbocycles. The SMILES string of the molecule is N[C@@H](Cc1ccccc1)C(=O)NCC1(c2cccc(Cl)c2)CCOCC1. The van der Waals surface area contributed by atoms with Crippen molar-refractivity contribution in [2.24, 2.45) is 5.73 Å². The van der Waals surface area contributed by atoms with Gasteiger partial charge in [0.05, 0.1) is 6.04 Å². The van der Waals surface area contributed by atoms with E-state index in [1.165, 1.54) is 0 Å². The van der Waals surface area contributed by atoms with Crippen LogP contribution in [0.2, 0.25) is 5.02 Å². The molecule has 5 heteroatoms. The maximum absolute atomic E-state index is 12.5. The summed E-state index contributed by atoms with van der Waals surface area (Å²) in [5.74, 6) is -0.123. The average Bonchev–Trinajstić information content (AvgIpc) is 2.67. The summed E-state index contributed by atoms with van der Waals surface area (Å²) in [5.41, 5.74) is 8.16. The molecule has 2 aromatic carbocycles. The van der Waals surface area contributed by atoms with Gasteiger partial charge in [-0.3, -0.25) is 4.79 Å². The van der Waals surface area contributed by atoms with E-state index >= 15 is 0 Å². The third kappa shape index (κ3) is 4.64. The highest BCUT2D eigenvalue weighted by Gasteiger charge is 2.35. The first-order valence-electron chi connectivity index (χ1n) is 9.00. The van der Waals surface area contributed by atoms with E-state index in [0.717, 1.165) is 24.0 Å². The van der Waals surface area contributed by atoms with Crippen molar-refractivity contribution in [1.82, 2.24) is 5.32 Å². The van der Waals surface area contributed by atoms with Crippen LogP contribution < -0.4 is 11.1 Å². The average molecular weight is 373 g/mol. The molecule has 138 valence electrons. The monoisotopic (exact) mass is 372 g/mol. The molecule has 26 heavy (non-hydrogen) atoms. The summed E-state index contributed by atoms with van der Waals surface area (Å²) in [6.45, 7) is 1.90. The van der Waals surface area contributed by atoms with Crippen molar-refractivity contribution in [2.45, 2.75) is 30.7 Å². The van der Waals surface area contributed by atoms with Gasteiger partial charge in [-0.15, -0.1) is 0 Å². The quantitative estimate of drug-likeness (QED) is 0.819. The summed E-state index contributed by atoms with van der Waals surface area (Å²) < 4.78 is 5.54. The van der Waals surface area contributed by atoms with Crippen LogP contribution >= 0.6 is 11.6 Å². The van der Waals surface area contributed by atoms with Gasteiger partial charge in [0.2, 0.25) is 5.91 Å². The van der Waals surface area contributed by atoms with Crippen LogP contribution in [0.25, 0.3) is 0 Å². The number of hydrogen-bond donors (Lipinski definition) is 2. The third-order valence-electron chi connectivity index (χ3n) is 5.12. The van der Waals surface area contributed by atoms with Crippen LogP contribution in [0.15, 0.2) is 54.6 Å². The number of amides is 1. The maximum atomic E-state index is 12.5. The first kappa shape index (κ1) is 18.9. The smallest absolute Gasteiger partial charge is 0.237 e. The maximum Gasteiger partial charge on any atom is 0.237 e. The first-order chi connectivity index (χ1) is 12.6. The van der Waals surface area contributed by atoms with Gasteiger partial charge in [-0.1, -0.05) is 54.1 Å². The Balaban J connectivity index is 1.67. The summed E-state index contributed by atoms with van der Waals surface area (Å²) in [7, 11) is 0. The van der Waals surface area contributed by atoms with Gasteiger partial charge < -0.3 is 15.8 Å². The molecule has 1 fully saturated rings. The minimum absolute atomic E-state index is 0.123. The Bertz CT molecular complexity index is 730. The van der Waals surface area contributed by atoms with E-state index in [0.29, 0.717) is 31.2 Å². The van der Waals surface area contributed by atoms with Crippen molar-refractivity contribution < 1.29 is 9.53 Å². The molecule has 1 aliphatic heterocycles. The highest BCUT2D eigenvalue weighted by molar-refractivity contribution is 6.30. The fraction of sp³-hybridized carbons (Fsp3) is 0.381. The molecule has 1 saturated heterocycles. The standard InChI is InChI=1S/C21H25ClN2O2/c22-18-8-4-7-17(14-18)21(9-11-26-12-10-21)15-24-20(25)19(23)13-16-5-2-1-3-6-16/h1-8,14,19H,9-13,15,23H2,(H,24,25)/t19-/m0/s1. The van der Waals surface area contributed by atoms with Crippen molar-refractivity contribution in [3.63, 3.8) is 0 Å². The molecule has 4 nitrogen and oxygen atoms in total. The fourth-order valence-electron chi connectivity index (χ4n) is 3.50. The molecule has 0 spiro atoms. The highest BCUT2D eigenvalue weighted by atomic mass is 35.5. The molecule has 3 rings (SSSR count). The Morgan fingerprint density at radius 3 is 2.58 bits per heavy atom. The van der Waals surface area contributed by atoms with Crippen LogP contribution in [0.4, 0.5) is 0 Å². The summed E-state index contributed by atoms with van der Waals surface area (Å²) in [6.07, 6.45) is 2.23. The van der Waals surface area contributed by atoms with Crippen molar-refractivity contribution in [3.8, 4) is 0 Å². The Kier molecular flexibility index (Phi) is 6.30. The van der Waals surface area contributed by atoms with E-state index < -0.39 is 6.04 Å². The molecule has 3 N–H and O–H groups in total. The van der Waals surface area contributed by atoms with Gasteiger partial charge in [0.1, 0.15) is 0 Å². The lowest BCUT2D eigenvalue weighted by Gasteiger charge is -2.38. The normalized spacial score (nSPS) is 17.5. The second kappa shape index (κ2) is 8.67. The zero-order chi connectivity index (χ0) is 18.4. The number of nitrogens with two attached hydrogens (primary N) is 1. The molecule has 0 radical (unpaired) electrons. The van der Waals surface area contributed by atoms with E-state index in [9.17, 15) is 4.79 Å².